The first-order valence-corrected chi connectivity index (χ1v) is 7.95. The molecule has 2 heterocycles. The Labute approximate surface area is 133 Å². The zero-order chi connectivity index (χ0) is 16.2. The van der Waals surface area contributed by atoms with Crippen LogP contribution in [0, 0.1) is 12.3 Å². The first kappa shape index (κ1) is 16.7. The average Bonchev–Trinajstić information content (AvgIpc) is 3.07. The summed E-state index contributed by atoms with van der Waals surface area (Å²) >= 11 is 1.61. The SMILES string of the molecule is COCC1(C(=O)O)CCN(C(=O)NCCc2cnc(C)s2)C1. The van der Waals surface area contributed by atoms with Gasteiger partial charge in [-0.05, 0) is 13.3 Å². The lowest BCUT2D eigenvalue weighted by Gasteiger charge is -2.23. The van der Waals surface area contributed by atoms with E-state index in [0.29, 0.717) is 19.5 Å². The molecule has 2 rings (SSSR count). The van der Waals surface area contributed by atoms with Crippen LogP contribution >= 0.6 is 11.3 Å². The van der Waals surface area contributed by atoms with Gasteiger partial charge in [0.2, 0.25) is 0 Å². The van der Waals surface area contributed by atoms with Crippen LogP contribution in [0.25, 0.3) is 0 Å². The second kappa shape index (κ2) is 7.06. The van der Waals surface area contributed by atoms with Crippen LogP contribution in [0.3, 0.4) is 0 Å². The van der Waals surface area contributed by atoms with Crippen molar-refractivity contribution in [1.29, 1.82) is 0 Å². The summed E-state index contributed by atoms with van der Waals surface area (Å²) in [6.45, 7) is 3.19. The predicted octanol–water partition coefficient (Wildman–Crippen LogP) is 1.13. The normalized spacial score (nSPS) is 21.1. The molecule has 1 aromatic heterocycles. The van der Waals surface area contributed by atoms with Gasteiger partial charge < -0.3 is 20.1 Å². The largest absolute Gasteiger partial charge is 0.481 e. The highest BCUT2D eigenvalue weighted by Gasteiger charge is 2.46. The van der Waals surface area contributed by atoms with Crippen molar-refractivity contribution in [2.45, 2.75) is 19.8 Å². The van der Waals surface area contributed by atoms with E-state index < -0.39 is 11.4 Å². The molecule has 0 spiro atoms. The first-order valence-electron chi connectivity index (χ1n) is 7.13. The van der Waals surface area contributed by atoms with Crippen molar-refractivity contribution in [1.82, 2.24) is 15.2 Å². The van der Waals surface area contributed by atoms with Crippen LogP contribution in [0.15, 0.2) is 6.20 Å². The van der Waals surface area contributed by atoms with Gasteiger partial charge >= 0.3 is 12.0 Å². The molecular weight excluding hydrogens is 306 g/mol. The van der Waals surface area contributed by atoms with Crippen molar-refractivity contribution in [3.05, 3.63) is 16.1 Å². The summed E-state index contributed by atoms with van der Waals surface area (Å²) in [6.07, 6.45) is 2.96. The molecule has 1 aliphatic heterocycles. The Bertz CT molecular complexity index is 548. The summed E-state index contributed by atoms with van der Waals surface area (Å²) in [7, 11) is 1.48. The molecule has 1 atom stereocenters. The van der Waals surface area contributed by atoms with Gasteiger partial charge in [0.1, 0.15) is 5.41 Å². The van der Waals surface area contributed by atoms with Crippen molar-refractivity contribution in [3.8, 4) is 0 Å². The number of likely N-dealkylation sites (tertiary alicyclic amines) is 1. The van der Waals surface area contributed by atoms with Crippen molar-refractivity contribution in [2.75, 3.05) is 33.4 Å². The third-order valence-electron chi connectivity index (χ3n) is 3.83. The molecule has 0 saturated carbocycles. The Morgan fingerprint density at radius 1 is 1.59 bits per heavy atom. The Balaban J connectivity index is 1.82. The zero-order valence-corrected chi connectivity index (χ0v) is 13.6. The second-order valence-electron chi connectivity index (χ2n) is 5.52. The van der Waals surface area contributed by atoms with Crippen LogP contribution in [0.5, 0.6) is 0 Å². The van der Waals surface area contributed by atoms with Crippen LogP contribution in [0.2, 0.25) is 0 Å². The molecule has 1 saturated heterocycles. The summed E-state index contributed by atoms with van der Waals surface area (Å²) in [5, 5.41) is 13.2. The molecule has 1 fully saturated rings. The van der Waals surface area contributed by atoms with E-state index in [2.05, 4.69) is 10.3 Å². The second-order valence-corrected chi connectivity index (χ2v) is 6.84. The summed E-state index contributed by atoms with van der Waals surface area (Å²) < 4.78 is 5.02. The van der Waals surface area contributed by atoms with E-state index in [0.717, 1.165) is 16.3 Å². The van der Waals surface area contributed by atoms with Gasteiger partial charge in [-0.2, -0.15) is 0 Å². The number of rotatable bonds is 6. The molecule has 122 valence electrons. The van der Waals surface area contributed by atoms with Crippen molar-refractivity contribution < 1.29 is 19.4 Å². The number of carbonyl (C=O) groups is 2. The Morgan fingerprint density at radius 3 is 2.95 bits per heavy atom. The molecular formula is C14H21N3O4S. The monoisotopic (exact) mass is 327 g/mol. The number of carbonyl (C=O) groups excluding carboxylic acids is 1. The minimum atomic E-state index is -0.985. The topological polar surface area (TPSA) is 91.8 Å². The van der Waals surface area contributed by atoms with E-state index in [1.165, 1.54) is 7.11 Å². The number of amides is 2. The first-order chi connectivity index (χ1) is 10.5. The third-order valence-corrected chi connectivity index (χ3v) is 4.80. The molecule has 1 unspecified atom stereocenters. The average molecular weight is 327 g/mol. The summed E-state index contributed by atoms with van der Waals surface area (Å²) in [4.78, 5) is 30.4. The van der Waals surface area contributed by atoms with E-state index in [1.807, 2.05) is 13.1 Å². The molecule has 0 bridgehead atoms. The van der Waals surface area contributed by atoms with Crippen LogP contribution < -0.4 is 5.32 Å². The van der Waals surface area contributed by atoms with E-state index in [-0.39, 0.29) is 19.2 Å². The molecule has 8 heteroatoms. The number of carboxylic acid groups (broad SMARTS) is 1. The Morgan fingerprint density at radius 2 is 2.36 bits per heavy atom. The zero-order valence-electron chi connectivity index (χ0n) is 12.8. The number of aliphatic carboxylic acids is 1. The molecule has 2 amide bonds. The molecule has 0 aromatic carbocycles. The van der Waals surface area contributed by atoms with E-state index in [1.54, 1.807) is 16.2 Å². The number of hydrogen-bond donors (Lipinski definition) is 2. The molecule has 0 aliphatic carbocycles. The van der Waals surface area contributed by atoms with Gasteiger partial charge in [-0.3, -0.25) is 4.79 Å². The summed E-state index contributed by atoms with van der Waals surface area (Å²) in [6, 6.07) is -0.222. The molecule has 1 aliphatic rings. The number of carboxylic acids is 1. The number of aryl methyl sites for hydroxylation is 1. The highest BCUT2D eigenvalue weighted by atomic mass is 32.1. The van der Waals surface area contributed by atoms with Gasteiger partial charge in [-0.1, -0.05) is 0 Å². The lowest BCUT2D eigenvalue weighted by molar-refractivity contribution is -0.151. The molecule has 2 N–H and O–H groups in total. The van der Waals surface area contributed by atoms with Crippen LogP contribution in [-0.4, -0.2) is 60.3 Å². The fourth-order valence-corrected chi connectivity index (χ4v) is 3.40. The fourth-order valence-electron chi connectivity index (χ4n) is 2.60. The van der Waals surface area contributed by atoms with Gasteiger partial charge in [-0.25, -0.2) is 9.78 Å². The van der Waals surface area contributed by atoms with Gasteiger partial charge in [0.05, 0.1) is 11.6 Å². The summed E-state index contributed by atoms with van der Waals surface area (Å²) in [5.74, 6) is -0.912. The number of urea groups is 1. The van der Waals surface area contributed by atoms with Crippen LogP contribution in [-0.2, 0) is 16.0 Å². The van der Waals surface area contributed by atoms with Crippen molar-refractivity contribution in [2.24, 2.45) is 5.41 Å². The smallest absolute Gasteiger partial charge is 0.317 e. The lowest BCUT2D eigenvalue weighted by atomic mass is 9.88. The quantitative estimate of drug-likeness (QED) is 0.817. The van der Waals surface area contributed by atoms with Crippen molar-refractivity contribution >= 4 is 23.3 Å². The highest BCUT2D eigenvalue weighted by molar-refractivity contribution is 7.11. The van der Waals surface area contributed by atoms with E-state index in [4.69, 9.17) is 4.74 Å². The van der Waals surface area contributed by atoms with Crippen LogP contribution in [0.4, 0.5) is 4.79 Å². The van der Waals surface area contributed by atoms with Crippen LogP contribution in [0.1, 0.15) is 16.3 Å². The van der Waals surface area contributed by atoms with Gasteiger partial charge in [0, 0.05) is 44.2 Å². The number of nitrogens with zero attached hydrogens (tertiary/aromatic N) is 2. The molecule has 0 radical (unpaired) electrons. The van der Waals surface area contributed by atoms with Gasteiger partial charge in [0.25, 0.3) is 0 Å². The van der Waals surface area contributed by atoms with E-state index in [9.17, 15) is 14.7 Å². The number of nitrogens with one attached hydrogen (secondary N) is 1. The van der Waals surface area contributed by atoms with Gasteiger partial charge in [-0.15, -0.1) is 11.3 Å². The van der Waals surface area contributed by atoms with Crippen molar-refractivity contribution in [3.63, 3.8) is 0 Å². The third kappa shape index (κ3) is 3.75. The predicted molar refractivity (Wildman–Crippen MR) is 82.1 cm³/mol. The maximum absolute atomic E-state index is 12.1. The number of ether oxygens (including phenoxy) is 1. The minimum absolute atomic E-state index is 0.117. The molecule has 1 aromatic rings. The number of thiazole rings is 1. The molecule has 7 nitrogen and oxygen atoms in total. The Kier molecular flexibility index (Phi) is 5.36. The summed E-state index contributed by atoms with van der Waals surface area (Å²) in [5.41, 5.74) is -0.985. The van der Waals surface area contributed by atoms with Gasteiger partial charge in [0.15, 0.2) is 0 Å². The molecule has 22 heavy (non-hydrogen) atoms. The maximum atomic E-state index is 12.1. The number of aromatic nitrogens is 1. The van der Waals surface area contributed by atoms with E-state index >= 15 is 0 Å². The standard InChI is InChI=1S/C14H21N3O4S/c1-10-16-7-11(22-10)3-5-15-13(20)17-6-4-14(8-17,9-21-2)12(18)19/h7H,3-6,8-9H2,1-2H3,(H,15,20)(H,18,19). The number of methoxy groups -OCH3 is 1. The maximum Gasteiger partial charge on any atom is 0.317 e. The fraction of sp³-hybridized carbons (Fsp3) is 0.643. The lowest BCUT2D eigenvalue weighted by Crippen LogP contribution is -2.43. The number of hydrogen-bond acceptors (Lipinski definition) is 5. The Hall–Kier alpha value is -1.67. The minimum Gasteiger partial charge on any atom is -0.481 e. The highest BCUT2D eigenvalue weighted by Crippen LogP contribution is 2.31.